The van der Waals surface area contributed by atoms with E-state index in [-0.39, 0.29) is 11.0 Å². The second kappa shape index (κ2) is 6.89. The summed E-state index contributed by atoms with van der Waals surface area (Å²) in [6.07, 6.45) is 0. The molecule has 21 heavy (non-hydrogen) atoms. The van der Waals surface area contributed by atoms with E-state index in [1.165, 1.54) is 0 Å². The molecule has 0 fully saturated rings. The summed E-state index contributed by atoms with van der Waals surface area (Å²) in [4.78, 5) is 12.1. The van der Waals surface area contributed by atoms with Crippen LogP contribution < -0.4 is 10.6 Å². The van der Waals surface area contributed by atoms with Gasteiger partial charge in [-0.05, 0) is 42.9 Å². The van der Waals surface area contributed by atoms with Crippen LogP contribution >= 0.6 is 35.4 Å². The van der Waals surface area contributed by atoms with Crippen molar-refractivity contribution >= 4 is 52.1 Å². The average molecular weight is 339 g/mol. The molecule has 6 heteroatoms. The van der Waals surface area contributed by atoms with Gasteiger partial charge in [-0.2, -0.15) is 0 Å². The molecule has 0 aliphatic rings. The Morgan fingerprint density at radius 3 is 2.52 bits per heavy atom. The molecule has 2 rings (SSSR count). The lowest BCUT2D eigenvalue weighted by Gasteiger charge is -2.12. The molecule has 0 saturated carbocycles. The number of nitrogens with one attached hydrogen (secondary N) is 2. The van der Waals surface area contributed by atoms with Gasteiger partial charge in [0.2, 0.25) is 0 Å². The van der Waals surface area contributed by atoms with Crippen LogP contribution in [0.4, 0.5) is 5.69 Å². The summed E-state index contributed by atoms with van der Waals surface area (Å²) >= 11 is 17.1. The SMILES string of the molecule is Cc1ccccc1C(=O)NC(=S)Nc1cccc(Cl)c1Cl. The maximum atomic E-state index is 12.1. The monoisotopic (exact) mass is 338 g/mol. The Kier molecular flexibility index (Phi) is 5.17. The summed E-state index contributed by atoms with van der Waals surface area (Å²) in [5, 5.41) is 6.39. The third-order valence-electron chi connectivity index (χ3n) is 2.82. The number of amides is 1. The molecular formula is C15H12Cl2N2OS. The van der Waals surface area contributed by atoms with Crippen LogP contribution in [-0.4, -0.2) is 11.0 Å². The number of hydrogen-bond acceptors (Lipinski definition) is 2. The van der Waals surface area contributed by atoms with Gasteiger partial charge in [0, 0.05) is 5.56 Å². The highest BCUT2D eigenvalue weighted by Crippen LogP contribution is 2.29. The van der Waals surface area contributed by atoms with E-state index in [4.69, 9.17) is 35.4 Å². The number of aryl methyl sites for hydroxylation is 1. The van der Waals surface area contributed by atoms with Crippen LogP contribution in [0.25, 0.3) is 0 Å². The van der Waals surface area contributed by atoms with Gasteiger partial charge < -0.3 is 5.32 Å². The summed E-state index contributed by atoms with van der Waals surface area (Å²) in [6, 6.07) is 12.4. The van der Waals surface area contributed by atoms with Crippen LogP contribution in [0.5, 0.6) is 0 Å². The van der Waals surface area contributed by atoms with Gasteiger partial charge in [-0.3, -0.25) is 10.1 Å². The third-order valence-corrected chi connectivity index (χ3v) is 3.84. The van der Waals surface area contributed by atoms with E-state index in [0.29, 0.717) is 21.3 Å². The zero-order valence-electron chi connectivity index (χ0n) is 11.1. The molecule has 0 spiro atoms. The molecule has 2 aromatic rings. The topological polar surface area (TPSA) is 41.1 Å². The summed E-state index contributed by atoms with van der Waals surface area (Å²) in [6.45, 7) is 1.86. The van der Waals surface area contributed by atoms with Gasteiger partial charge in [0.1, 0.15) is 0 Å². The van der Waals surface area contributed by atoms with Gasteiger partial charge in [-0.15, -0.1) is 0 Å². The molecule has 0 bridgehead atoms. The van der Waals surface area contributed by atoms with Crippen LogP contribution in [0.1, 0.15) is 15.9 Å². The molecule has 1 amide bonds. The molecule has 2 aromatic carbocycles. The fourth-order valence-corrected chi connectivity index (χ4v) is 2.30. The fourth-order valence-electron chi connectivity index (χ4n) is 1.75. The average Bonchev–Trinajstić information content (AvgIpc) is 2.44. The largest absolute Gasteiger partial charge is 0.331 e. The second-order valence-electron chi connectivity index (χ2n) is 4.32. The first-order valence-electron chi connectivity index (χ1n) is 6.11. The van der Waals surface area contributed by atoms with Crippen molar-refractivity contribution in [3.05, 3.63) is 63.6 Å². The van der Waals surface area contributed by atoms with E-state index in [0.717, 1.165) is 5.56 Å². The van der Waals surface area contributed by atoms with E-state index < -0.39 is 0 Å². The number of benzene rings is 2. The predicted octanol–water partition coefficient (Wildman–Crippen LogP) is 4.43. The van der Waals surface area contributed by atoms with Gasteiger partial charge >= 0.3 is 0 Å². The van der Waals surface area contributed by atoms with Crippen molar-refractivity contribution in [1.29, 1.82) is 0 Å². The highest BCUT2D eigenvalue weighted by molar-refractivity contribution is 7.80. The van der Waals surface area contributed by atoms with Crippen molar-refractivity contribution in [2.24, 2.45) is 0 Å². The maximum Gasteiger partial charge on any atom is 0.257 e. The van der Waals surface area contributed by atoms with Crippen LogP contribution in [0.2, 0.25) is 10.0 Å². The minimum Gasteiger partial charge on any atom is -0.331 e. The van der Waals surface area contributed by atoms with Crippen molar-refractivity contribution in [3.8, 4) is 0 Å². The van der Waals surface area contributed by atoms with Crippen molar-refractivity contribution in [1.82, 2.24) is 5.32 Å². The summed E-state index contributed by atoms with van der Waals surface area (Å²) in [5.41, 5.74) is 1.98. The highest BCUT2D eigenvalue weighted by Gasteiger charge is 2.11. The lowest BCUT2D eigenvalue weighted by atomic mass is 10.1. The normalized spacial score (nSPS) is 10.0. The van der Waals surface area contributed by atoms with Gasteiger partial charge in [-0.1, -0.05) is 47.5 Å². The summed E-state index contributed by atoms with van der Waals surface area (Å²) in [5.74, 6) is -0.274. The maximum absolute atomic E-state index is 12.1. The molecule has 0 atom stereocenters. The Bertz CT molecular complexity index is 704. The Morgan fingerprint density at radius 2 is 1.81 bits per heavy atom. The Balaban J connectivity index is 2.07. The van der Waals surface area contributed by atoms with E-state index in [2.05, 4.69) is 10.6 Å². The number of carbonyl (C=O) groups excluding carboxylic acids is 1. The first kappa shape index (κ1) is 15.8. The second-order valence-corrected chi connectivity index (χ2v) is 5.52. The highest BCUT2D eigenvalue weighted by atomic mass is 35.5. The van der Waals surface area contributed by atoms with E-state index in [1.54, 1.807) is 30.3 Å². The molecule has 0 unspecified atom stereocenters. The van der Waals surface area contributed by atoms with Crippen LogP contribution in [0, 0.1) is 6.92 Å². The first-order valence-corrected chi connectivity index (χ1v) is 7.27. The summed E-state index contributed by atoms with van der Waals surface area (Å²) in [7, 11) is 0. The molecule has 0 heterocycles. The molecule has 0 aliphatic carbocycles. The van der Waals surface area contributed by atoms with Crippen molar-refractivity contribution in [2.45, 2.75) is 6.92 Å². The minimum atomic E-state index is -0.274. The number of thiocarbonyl (C=S) groups is 1. The minimum absolute atomic E-state index is 0.160. The molecule has 0 saturated heterocycles. The molecule has 2 N–H and O–H groups in total. The number of hydrogen-bond donors (Lipinski definition) is 2. The zero-order chi connectivity index (χ0) is 15.4. The Hall–Kier alpha value is -1.62. The first-order chi connectivity index (χ1) is 9.99. The molecule has 0 radical (unpaired) electrons. The number of rotatable bonds is 2. The molecule has 3 nitrogen and oxygen atoms in total. The van der Waals surface area contributed by atoms with Crippen LogP contribution in [0.15, 0.2) is 42.5 Å². The molecular weight excluding hydrogens is 327 g/mol. The van der Waals surface area contributed by atoms with Gasteiger partial charge in [0.15, 0.2) is 5.11 Å². The number of halogens is 2. The van der Waals surface area contributed by atoms with Gasteiger partial charge in [0.05, 0.1) is 15.7 Å². The lowest BCUT2D eigenvalue weighted by Crippen LogP contribution is -2.34. The zero-order valence-corrected chi connectivity index (χ0v) is 13.4. The van der Waals surface area contributed by atoms with E-state index in [1.807, 2.05) is 19.1 Å². The van der Waals surface area contributed by atoms with Gasteiger partial charge in [-0.25, -0.2) is 0 Å². The van der Waals surface area contributed by atoms with E-state index in [9.17, 15) is 4.79 Å². The Morgan fingerprint density at radius 1 is 1.10 bits per heavy atom. The van der Waals surface area contributed by atoms with E-state index >= 15 is 0 Å². The smallest absolute Gasteiger partial charge is 0.257 e. The number of anilines is 1. The third kappa shape index (κ3) is 3.94. The van der Waals surface area contributed by atoms with Gasteiger partial charge in [0.25, 0.3) is 5.91 Å². The standard InChI is InChI=1S/C15H12Cl2N2OS/c1-9-5-2-3-6-10(9)14(20)19-15(21)18-12-8-4-7-11(16)13(12)17/h2-8H,1H3,(H2,18,19,20,21). The predicted molar refractivity (Wildman–Crippen MR) is 91.3 cm³/mol. The lowest BCUT2D eigenvalue weighted by molar-refractivity contribution is 0.0977. The number of carbonyl (C=O) groups is 1. The Labute approximate surface area is 138 Å². The summed E-state index contributed by atoms with van der Waals surface area (Å²) < 4.78 is 0. The van der Waals surface area contributed by atoms with Crippen molar-refractivity contribution < 1.29 is 4.79 Å². The fraction of sp³-hybridized carbons (Fsp3) is 0.0667. The molecule has 0 aliphatic heterocycles. The quantitative estimate of drug-likeness (QED) is 0.796. The van der Waals surface area contributed by atoms with Crippen molar-refractivity contribution in [3.63, 3.8) is 0 Å². The molecule has 0 aromatic heterocycles. The van der Waals surface area contributed by atoms with Crippen molar-refractivity contribution in [2.75, 3.05) is 5.32 Å². The molecule has 108 valence electrons. The van der Waals surface area contributed by atoms with Crippen LogP contribution in [0.3, 0.4) is 0 Å². The van der Waals surface area contributed by atoms with Crippen LogP contribution in [-0.2, 0) is 0 Å².